The van der Waals surface area contributed by atoms with Crippen molar-refractivity contribution in [1.82, 2.24) is 0 Å². The van der Waals surface area contributed by atoms with Gasteiger partial charge < -0.3 is 15.5 Å². The van der Waals surface area contributed by atoms with Gasteiger partial charge in [0.15, 0.2) is 0 Å². The van der Waals surface area contributed by atoms with Crippen LogP contribution in [0, 0.1) is 6.92 Å². The smallest absolute Gasteiger partial charge is 0.308 e. The first kappa shape index (κ1) is 21.0. The molecule has 4 rings (SSSR count). The van der Waals surface area contributed by atoms with Crippen molar-refractivity contribution in [2.45, 2.75) is 31.7 Å². The van der Waals surface area contributed by atoms with Gasteiger partial charge in [-0.25, -0.2) is 4.79 Å². The van der Waals surface area contributed by atoms with Gasteiger partial charge in [-0.05, 0) is 54.8 Å². The first-order valence-corrected chi connectivity index (χ1v) is 11.3. The molecule has 6 heteroatoms. The minimum Gasteiger partial charge on any atom is -0.308 e. The van der Waals surface area contributed by atoms with Gasteiger partial charge in [0.2, 0.25) is 5.91 Å². The molecule has 0 saturated carbocycles. The van der Waals surface area contributed by atoms with Crippen LogP contribution >= 0.6 is 11.8 Å². The standard InChI is InChI=1S/C25H25N3O2S/c1-3-18-8-10-20(11-9-18)26-25(30)27-21-12-13-23-22(14-21)28(24(29)16-31-23)15-19-6-4-17(2)5-7-19/h4-14H,3,15-16H2,1-2H3,(H2,26,27,30). The first-order chi connectivity index (χ1) is 15.0. The van der Waals surface area contributed by atoms with E-state index in [0.717, 1.165) is 28.3 Å². The molecule has 2 N–H and O–H groups in total. The van der Waals surface area contributed by atoms with E-state index < -0.39 is 0 Å². The zero-order chi connectivity index (χ0) is 21.8. The van der Waals surface area contributed by atoms with Crippen molar-refractivity contribution in [1.29, 1.82) is 0 Å². The number of hydrogen-bond acceptors (Lipinski definition) is 3. The number of thioether (sulfide) groups is 1. The van der Waals surface area contributed by atoms with Crippen molar-refractivity contribution >= 4 is 40.8 Å². The number of fused-ring (bicyclic) bond motifs is 1. The highest BCUT2D eigenvalue weighted by atomic mass is 32.2. The van der Waals surface area contributed by atoms with Gasteiger partial charge in [-0.3, -0.25) is 4.79 Å². The van der Waals surface area contributed by atoms with E-state index in [1.807, 2.05) is 61.5 Å². The Morgan fingerprint density at radius 1 is 0.935 bits per heavy atom. The quantitative estimate of drug-likeness (QED) is 0.533. The maximum absolute atomic E-state index is 12.7. The summed E-state index contributed by atoms with van der Waals surface area (Å²) in [4.78, 5) is 28.0. The van der Waals surface area contributed by atoms with E-state index in [-0.39, 0.29) is 11.9 Å². The Morgan fingerprint density at radius 3 is 2.29 bits per heavy atom. The monoisotopic (exact) mass is 431 g/mol. The Morgan fingerprint density at radius 2 is 1.58 bits per heavy atom. The van der Waals surface area contributed by atoms with Gasteiger partial charge in [-0.1, -0.05) is 48.9 Å². The minimum atomic E-state index is -0.316. The molecular weight excluding hydrogens is 406 g/mol. The fraction of sp³-hybridized carbons (Fsp3) is 0.200. The summed E-state index contributed by atoms with van der Waals surface area (Å²) < 4.78 is 0. The largest absolute Gasteiger partial charge is 0.323 e. The summed E-state index contributed by atoms with van der Waals surface area (Å²) in [5, 5.41) is 5.73. The Balaban J connectivity index is 1.50. The molecule has 3 aromatic carbocycles. The molecule has 0 radical (unpaired) electrons. The summed E-state index contributed by atoms with van der Waals surface area (Å²) in [6.45, 7) is 4.64. The van der Waals surface area contributed by atoms with Gasteiger partial charge >= 0.3 is 6.03 Å². The zero-order valence-corrected chi connectivity index (χ0v) is 18.5. The second kappa shape index (κ2) is 9.27. The molecular formula is C25H25N3O2S. The Hall–Kier alpha value is -3.25. The lowest BCUT2D eigenvalue weighted by atomic mass is 10.1. The zero-order valence-electron chi connectivity index (χ0n) is 17.6. The van der Waals surface area contributed by atoms with Crippen molar-refractivity contribution in [2.24, 2.45) is 0 Å². The fourth-order valence-electron chi connectivity index (χ4n) is 3.45. The van der Waals surface area contributed by atoms with E-state index in [0.29, 0.717) is 18.0 Å². The highest BCUT2D eigenvalue weighted by Crippen LogP contribution is 2.38. The molecule has 0 unspecified atom stereocenters. The number of nitrogens with zero attached hydrogens (tertiary/aromatic N) is 1. The molecule has 31 heavy (non-hydrogen) atoms. The fourth-order valence-corrected chi connectivity index (χ4v) is 4.36. The van der Waals surface area contributed by atoms with Crippen LogP contribution in [-0.2, 0) is 17.8 Å². The normalized spacial score (nSPS) is 13.0. The predicted octanol–water partition coefficient (Wildman–Crippen LogP) is 5.84. The number of urea groups is 1. The Labute approximate surface area is 186 Å². The molecule has 0 spiro atoms. The van der Waals surface area contributed by atoms with Crippen molar-refractivity contribution in [3.8, 4) is 0 Å². The summed E-state index contributed by atoms with van der Waals surface area (Å²) in [5.74, 6) is 0.482. The van der Waals surface area contributed by atoms with Crippen molar-refractivity contribution < 1.29 is 9.59 Å². The number of rotatable bonds is 5. The molecule has 3 amide bonds. The first-order valence-electron chi connectivity index (χ1n) is 10.3. The molecule has 1 heterocycles. The Kier molecular flexibility index (Phi) is 6.28. The van der Waals surface area contributed by atoms with E-state index in [4.69, 9.17) is 0 Å². The molecule has 158 valence electrons. The number of nitrogens with one attached hydrogen (secondary N) is 2. The van der Waals surface area contributed by atoms with E-state index in [1.54, 1.807) is 4.90 Å². The number of carbonyl (C=O) groups is 2. The van der Waals surface area contributed by atoms with Crippen LogP contribution in [0.15, 0.2) is 71.6 Å². The molecule has 0 bridgehead atoms. The van der Waals surface area contributed by atoms with Gasteiger partial charge in [0.05, 0.1) is 18.0 Å². The third-order valence-corrected chi connectivity index (χ3v) is 6.29. The number of amides is 3. The molecule has 3 aromatic rings. The van der Waals surface area contributed by atoms with Crippen LogP contribution in [0.4, 0.5) is 21.9 Å². The third kappa shape index (κ3) is 5.09. The highest BCUT2D eigenvalue weighted by Gasteiger charge is 2.25. The van der Waals surface area contributed by atoms with E-state index in [1.165, 1.54) is 22.9 Å². The summed E-state index contributed by atoms with van der Waals surface area (Å²) in [7, 11) is 0. The molecule has 1 aliphatic heterocycles. The highest BCUT2D eigenvalue weighted by molar-refractivity contribution is 8.00. The van der Waals surface area contributed by atoms with E-state index in [9.17, 15) is 9.59 Å². The molecule has 0 aromatic heterocycles. The molecule has 0 aliphatic carbocycles. The van der Waals surface area contributed by atoms with Gasteiger partial charge in [0.1, 0.15) is 0 Å². The summed E-state index contributed by atoms with van der Waals surface area (Å²) in [6, 6.07) is 21.4. The summed E-state index contributed by atoms with van der Waals surface area (Å²) in [6.07, 6.45) is 0.956. The molecule has 0 atom stereocenters. The van der Waals surface area contributed by atoms with E-state index in [2.05, 4.69) is 29.7 Å². The molecule has 1 aliphatic rings. The van der Waals surface area contributed by atoms with Gasteiger partial charge in [0, 0.05) is 16.3 Å². The lowest BCUT2D eigenvalue weighted by molar-refractivity contribution is -0.116. The second-order valence-electron chi connectivity index (χ2n) is 7.57. The van der Waals surface area contributed by atoms with Crippen LogP contribution in [0.25, 0.3) is 0 Å². The lowest BCUT2D eigenvalue weighted by Gasteiger charge is -2.29. The van der Waals surface area contributed by atoms with Crippen molar-refractivity contribution in [3.63, 3.8) is 0 Å². The maximum Gasteiger partial charge on any atom is 0.323 e. The van der Waals surface area contributed by atoms with Crippen molar-refractivity contribution in [2.75, 3.05) is 21.3 Å². The second-order valence-corrected chi connectivity index (χ2v) is 8.58. The van der Waals surface area contributed by atoms with E-state index >= 15 is 0 Å². The topological polar surface area (TPSA) is 61.4 Å². The van der Waals surface area contributed by atoms with Gasteiger partial charge in [-0.2, -0.15) is 0 Å². The number of aryl methyl sites for hydroxylation is 2. The number of hydrogen-bond donors (Lipinski definition) is 2. The lowest BCUT2D eigenvalue weighted by Crippen LogP contribution is -2.34. The van der Waals surface area contributed by atoms with Gasteiger partial charge in [-0.15, -0.1) is 11.8 Å². The van der Waals surface area contributed by atoms with Gasteiger partial charge in [0.25, 0.3) is 0 Å². The van der Waals surface area contributed by atoms with Crippen LogP contribution in [-0.4, -0.2) is 17.7 Å². The van der Waals surface area contributed by atoms with Crippen LogP contribution in [0.5, 0.6) is 0 Å². The van der Waals surface area contributed by atoms with Crippen molar-refractivity contribution in [3.05, 3.63) is 83.4 Å². The van der Waals surface area contributed by atoms with Crippen LogP contribution < -0.4 is 15.5 Å². The number of carbonyl (C=O) groups excluding carboxylic acids is 2. The van der Waals surface area contributed by atoms with Crippen LogP contribution in [0.2, 0.25) is 0 Å². The third-order valence-electron chi connectivity index (χ3n) is 5.24. The number of anilines is 3. The average molecular weight is 432 g/mol. The van der Waals surface area contributed by atoms with Crippen LogP contribution in [0.1, 0.15) is 23.6 Å². The number of benzene rings is 3. The minimum absolute atomic E-state index is 0.0655. The molecule has 0 fully saturated rings. The predicted molar refractivity (Wildman–Crippen MR) is 128 cm³/mol. The Bertz CT molecular complexity index is 1090. The maximum atomic E-state index is 12.7. The summed E-state index contributed by atoms with van der Waals surface area (Å²) >= 11 is 1.53. The molecule has 0 saturated heterocycles. The SMILES string of the molecule is CCc1ccc(NC(=O)Nc2ccc3c(c2)N(Cc2ccc(C)cc2)C(=O)CS3)cc1. The molecule has 5 nitrogen and oxygen atoms in total. The summed E-state index contributed by atoms with van der Waals surface area (Å²) in [5.41, 5.74) is 5.68. The average Bonchev–Trinajstić information content (AvgIpc) is 2.77. The van der Waals surface area contributed by atoms with Crippen LogP contribution in [0.3, 0.4) is 0 Å².